The maximum atomic E-state index is 11.6. The average molecular weight is 190 g/mol. The fourth-order valence-corrected chi connectivity index (χ4v) is 1.74. The Balaban J connectivity index is 2.24. The van der Waals surface area contributed by atoms with Crippen molar-refractivity contribution in [2.24, 2.45) is 0 Å². The molecule has 2 rings (SSSR count). The van der Waals surface area contributed by atoms with Gasteiger partial charge in [-0.15, -0.1) is 0 Å². The molecule has 0 fully saturated rings. The average Bonchev–Trinajstić information content (AvgIpc) is 2.64. The van der Waals surface area contributed by atoms with Crippen LogP contribution in [0.1, 0.15) is 15.9 Å². The molecule has 1 aromatic carbocycles. The van der Waals surface area contributed by atoms with E-state index in [0.717, 1.165) is 18.5 Å². The van der Waals surface area contributed by atoms with E-state index in [0.29, 0.717) is 6.54 Å². The van der Waals surface area contributed by atoms with Crippen molar-refractivity contribution in [1.82, 2.24) is 5.32 Å². The van der Waals surface area contributed by atoms with Crippen molar-refractivity contribution in [2.75, 3.05) is 25.5 Å². The van der Waals surface area contributed by atoms with Crippen LogP contribution in [0.15, 0.2) is 18.2 Å². The molecule has 0 spiro atoms. The first-order valence-corrected chi connectivity index (χ1v) is 4.86. The molecule has 0 aromatic heterocycles. The third-order valence-corrected chi connectivity index (χ3v) is 2.47. The van der Waals surface area contributed by atoms with E-state index in [-0.39, 0.29) is 5.78 Å². The highest BCUT2D eigenvalue weighted by atomic mass is 16.1. The SMILES string of the molecule is CNCC(=O)c1ccc2c(c1)CCN2. The molecule has 3 heteroatoms. The molecule has 0 radical (unpaired) electrons. The van der Waals surface area contributed by atoms with Gasteiger partial charge >= 0.3 is 0 Å². The molecule has 0 saturated heterocycles. The van der Waals surface area contributed by atoms with Crippen LogP contribution in [0.4, 0.5) is 5.69 Å². The van der Waals surface area contributed by atoms with Crippen molar-refractivity contribution < 1.29 is 4.79 Å². The van der Waals surface area contributed by atoms with Gasteiger partial charge < -0.3 is 10.6 Å². The second kappa shape index (κ2) is 3.80. The summed E-state index contributed by atoms with van der Waals surface area (Å²) in [5.74, 6) is 0.155. The summed E-state index contributed by atoms with van der Waals surface area (Å²) < 4.78 is 0. The van der Waals surface area contributed by atoms with E-state index in [9.17, 15) is 4.79 Å². The second-order valence-corrected chi connectivity index (χ2v) is 3.50. The molecule has 2 N–H and O–H groups in total. The number of nitrogens with one attached hydrogen (secondary N) is 2. The number of fused-ring (bicyclic) bond motifs is 1. The van der Waals surface area contributed by atoms with E-state index < -0.39 is 0 Å². The van der Waals surface area contributed by atoms with Crippen molar-refractivity contribution in [3.8, 4) is 0 Å². The molecular formula is C11H14N2O. The Kier molecular flexibility index (Phi) is 2.50. The zero-order chi connectivity index (χ0) is 9.97. The molecule has 0 bridgehead atoms. The summed E-state index contributed by atoms with van der Waals surface area (Å²) in [7, 11) is 1.78. The quantitative estimate of drug-likeness (QED) is 0.700. The molecule has 0 amide bonds. The topological polar surface area (TPSA) is 41.1 Å². The minimum Gasteiger partial charge on any atom is -0.384 e. The van der Waals surface area contributed by atoms with Gasteiger partial charge in [-0.2, -0.15) is 0 Å². The van der Waals surface area contributed by atoms with Crippen LogP contribution in [0.5, 0.6) is 0 Å². The lowest BCUT2D eigenvalue weighted by atomic mass is 10.1. The van der Waals surface area contributed by atoms with Crippen LogP contribution >= 0.6 is 0 Å². The second-order valence-electron chi connectivity index (χ2n) is 3.50. The van der Waals surface area contributed by atoms with Gasteiger partial charge in [-0.05, 0) is 37.2 Å². The van der Waals surface area contributed by atoms with Crippen LogP contribution in [0.2, 0.25) is 0 Å². The van der Waals surface area contributed by atoms with Crippen molar-refractivity contribution in [3.63, 3.8) is 0 Å². The molecule has 0 atom stereocenters. The summed E-state index contributed by atoms with van der Waals surface area (Å²) in [6, 6.07) is 5.87. The Bertz CT molecular complexity index is 360. The largest absolute Gasteiger partial charge is 0.384 e. The Morgan fingerprint density at radius 2 is 2.43 bits per heavy atom. The van der Waals surface area contributed by atoms with Crippen molar-refractivity contribution >= 4 is 11.5 Å². The first-order valence-electron chi connectivity index (χ1n) is 4.86. The van der Waals surface area contributed by atoms with Gasteiger partial charge in [-0.3, -0.25) is 4.79 Å². The molecular weight excluding hydrogens is 176 g/mol. The molecule has 14 heavy (non-hydrogen) atoms. The highest BCUT2D eigenvalue weighted by Crippen LogP contribution is 2.22. The number of anilines is 1. The van der Waals surface area contributed by atoms with Crippen molar-refractivity contribution in [3.05, 3.63) is 29.3 Å². The fraction of sp³-hybridized carbons (Fsp3) is 0.364. The van der Waals surface area contributed by atoms with Crippen LogP contribution in [-0.4, -0.2) is 25.9 Å². The number of likely N-dealkylation sites (N-methyl/N-ethyl adjacent to an activating group) is 1. The van der Waals surface area contributed by atoms with E-state index >= 15 is 0 Å². The number of hydrogen-bond acceptors (Lipinski definition) is 3. The number of rotatable bonds is 3. The van der Waals surface area contributed by atoms with E-state index in [1.807, 2.05) is 18.2 Å². The summed E-state index contributed by atoms with van der Waals surface area (Å²) in [5, 5.41) is 6.14. The first-order chi connectivity index (χ1) is 6.81. The molecule has 0 unspecified atom stereocenters. The normalized spacial score (nSPS) is 13.5. The van der Waals surface area contributed by atoms with Gasteiger partial charge in [0, 0.05) is 17.8 Å². The predicted octanol–water partition coefficient (Wildman–Crippen LogP) is 1.06. The van der Waals surface area contributed by atoms with Crippen molar-refractivity contribution in [2.45, 2.75) is 6.42 Å². The number of Topliss-reactive ketones (excluding diaryl/α,β-unsaturated/α-hetero) is 1. The summed E-state index contributed by atoms with van der Waals surface area (Å²) in [6.07, 6.45) is 1.02. The first kappa shape index (κ1) is 9.21. The fourth-order valence-electron chi connectivity index (χ4n) is 1.74. The van der Waals surface area contributed by atoms with Crippen LogP contribution in [0.25, 0.3) is 0 Å². The van der Waals surface area contributed by atoms with Gasteiger partial charge in [0.15, 0.2) is 5.78 Å². The Hall–Kier alpha value is -1.35. The minimum atomic E-state index is 0.155. The van der Waals surface area contributed by atoms with Gasteiger partial charge in [0.05, 0.1) is 6.54 Å². The maximum Gasteiger partial charge on any atom is 0.176 e. The Labute approximate surface area is 83.5 Å². The van der Waals surface area contributed by atoms with E-state index in [1.54, 1.807) is 7.05 Å². The lowest BCUT2D eigenvalue weighted by Gasteiger charge is -2.03. The molecule has 1 aliphatic rings. The predicted molar refractivity (Wildman–Crippen MR) is 56.9 cm³/mol. The highest BCUT2D eigenvalue weighted by Gasteiger charge is 2.12. The Morgan fingerprint density at radius 3 is 3.21 bits per heavy atom. The number of ketones is 1. The summed E-state index contributed by atoms with van der Waals surface area (Å²) in [6.45, 7) is 1.39. The maximum absolute atomic E-state index is 11.6. The molecule has 1 aromatic rings. The number of carbonyl (C=O) groups is 1. The van der Waals surface area contributed by atoms with Gasteiger partial charge in [-0.25, -0.2) is 0 Å². The van der Waals surface area contributed by atoms with Crippen LogP contribution in [0, 0.1) is 0 Å². The zero-order valence-corrected chi connectivity index (χ0v) is 8.26. The van der Waals surface area contributed by atoms with Gasteiger partial charge in [0.1, 0.15) is 0 Å². The summed E-state index contributed by atoms with van der Waals surface area (Å²) in [5.41, 5.74) is 3.24. The lowest BCUT2D eigenvalue weighted by Crippen LogP contribution is -2.18. The van der Waals surface area contributed by atoms with Gasteiger partial charge in [0.25, 0.3) is 0 Å². The van der Waals surface area contributed by atoms with Crippen molar-refractivity contribution in [1.29, 1.82) is 0 Å². The Morgan fingerprint density at radius 1 is 1.57 bits per heavy atom. The number of carbonyl (C=O) groups excluding carboxylic acids is 1. The molecule has 74 valence electrons. The van der Waals surface area contributed by atoms with Crippen LogP contribution < -0.4 is 10.6 Å². The van der Waals surface area contributed by atoms with Crippen LogP contribution in [0.3, 0.4) is 0 Å². The van der Waals surface area contributed by atoms with E-state index in [1.165, 1.54) is 11.3 Å². The summed E-state index contributed by atoms with van der Waals surface area (Å²) >= 11 is 0. The molecule has 0 saturated carbocycles. The smallest absolute Gasteiger partial charge is 0.176 e. The van der Waals surface area contributed by atoms with Gasteiger partial charge in [0.2, 0.25) is 0 Å². The molecule has 1 heterocycles. The van der Waals surface area contributed by atoms with E-state index in [2.05, 4.69) is 10.6 Å². The van der Waals surface area contributed by atoms with Gasteiger partial charge in [-0.1, -0.05) is 0 Å². The molecule has 0 aliphatic carbocycles. The highest BCUT2D eigenvalue weighted by molar-refractivity contribution is 5.98. The number of benzene rings is 1. The van der Waals surface area contributed by atoms with E-state index in [4.69, 9.17) is 0 Å². The zero-order valence-electron chi connectivity index (χ0n) is 8.26. The standard InChI is InChI=1S/C11H14N2O/c1-12-7-11(14)9-2-3-10-8(6-9)4-5-13-10/h2-3,6,12-13H,4-5,7H2,1H3. The van der Waals surface area contributed by atoms with Crippen LogP contribution in [-0.2, 0) is 6.42 Å². The minimum absolute atomic E-state index is 0.155. The third-order valence-electron chi connectivity index (χ3n) is 2.47. The monoisotopic (exact) mass is 190 g/mol. The number of hydrogen-bond donors (Lipinski definition) is 2. The third kappa shape index (κ3) is 1.63. The lowest BCUT2D eigenvalue weighted by molar-refractivity contribution is 0.0993. The summed E-state index contributed by atoms with van der Waals surface area (Å²) in [4.78, 5) is 11.6. The molecule has 3 nitrogen and oxygen atoms in total. The molecule has 1 aliphatic heterocycles.